The number of piperidine rings is 1. The van der Waals surface area contributed by atoms with Crippen molar-refractivity contribution in [3.63, 3.8) is 0 Å². The summed E-state index contributed by atoms with van der Waals surface area (Å²) in [5.41, 5.74) is 9.62. The number of amides is 1. The number of carbonyl (C=O) groups is 1. The Hall–Kier alpha value is -3.12. The lowest BCUT2D eigenvalue weighted by Gasteiger charge is -2.31. The molecular weight excluding hydrogens is 364 g/mol. The van der Waals surface area contributed by atoms with E-state index in [1.807, 2.05) is 59.3 Å². The summed E-state index contributed by atoms with van der Waals surface area (Å²) < 4.78 is 7.32. The van der Waals surface area contributed by atoms with E-state index in [0.29, 0.717) is 6.54 Å². The van der Waals surface area contributed by atoms with E-state index >= 15 is 0 Å². The van der Waals surface area contributed by atoms with E-state index in [1.54, 1.807) is 7.11 Å². The molecule has 2 aromatic carbocycles. The molecule has 1 aliphatic rings. The fraction of sp³-hybridized carbons (Fsp3) is 0.304. The number of methoxy groups -OCH3 is 1. The number of hydrogen-bond acceptors (Lipinski definition) is 4. The van der Waals surface area contributed by atoms with Crippen molar-refractivity contribution in [2.75, 3.05) is 20.2 Å². The number of nitrogens with two attached hydrogens (primary N) is 1. The largest absolute Gasteiger partial charge is 0.497 e. The number of hydrogen-bond donors (Lipinski definition) is 1. The van der Waals surface area contributed by atoms with Crippen LogP contribution in [0.2, 0.25) is 0 Å². The highest BCUT2D eigenvalue weighted by molar-refractivity contribution is 5.77. The molecule has 1 fully saturated rings. The summed E-state index contributed by atoms with van der Waals surface area (Å²) >= 11 is 0. The fourth-order valence-electron chi connectivity index (χ4n) is 3.92. The van der Waals surface area contributed by atoms with Crippen LogP contribution in [0.25, 0.3) is 16.9 Å². The van der Waals surface area contributed by atoms with Gasteiger partial charge in [0.25, 0.3) is 0 Å². The average molecular weight is 390 g/mol. The minimum Gasteiger partial charge on any atom is -0.497 e. The average Bonchev–Trinajstić information content (AvgIpc) is 3.18. The quantitative estimate of drug-likeness (QED) is 0.701. The number of nitrogens with zero attached hydrogens (tertiary/aromatic N) is 3. The van der Waals surface area contributed by atoms with Gasteiger partial charge in [0, 0.05) is 30.4 Å². The predicted molar refractivity (Wildman–Crippen MR) is 113 cm³/mol. The lowest BCUT2D eigenvalue weighted by Crippen LogP contribution is -2.40. The molecule has 150 valence electrons. The molecule has 1 atom stereocenters. The smallest absolute Gasteiger partial charge is 0.221 e. The standard InChI is InChI=1S/C23H26N4O2/c1-29-21-11-5-7-17(13-21)22-19(15-26-12-6-8-18(14-26)23(24)28)16-27(25-22)20-9-3-2-4-10-20/h2-5,7,9-11,13,16,18H,6,8,12,14-15H2,1H3,(H2,24,28)/t18-/m0/s1. The second-order valence-corrected chi connectivity index (χ2v) is 7.49. The van der Waals surface area contributed by atoms with E-state index in [-0.39, 0.29) is 11.8 Å². The van der Waals surface area contributed by atoms with Gasteiger partial charge in [-0.05, 0) is 43.7 Å². The Morgan fingerprint density at radius 2 is 2.03 bits per heavy atom. The molecule has 0 spiro atoms. The lowest BCUT2D eigenvalue weighted by molar-refractivity contribution is -0.123. The molecule has 29 heavy (non-hydrogen) atoms. The Balaban J connectivity index is 1.69. The van der Waals surface area contributed by atoms with Crippen LogP contribution in [-0.4, -0.2) is 40.8 Å². The predicted octanol–water partition coefficient (Wildman–Crippen LogP) is 3.25. The van der Waals surface area contributed by atoms with Crippen LogP contribution in [0.15, 0.2) is 60.8 Å². The molecule has 0 unspecified atom stereocenters. The second kappa shape index (κ2) is 8.49. The van der Waals surface area contributed by atoms with Gasteiger partial charge in [-0.3, -0.25) is 9.69 Å². The van der Waals surface area contributed by atoms with Crippen LogP contribution < -0.4 is 10.5 Å². The normalized spacial score (nSPS) is 17.2. The van der Waals surface area contributed by atoms with E-state index in [1.165, 1.54) is 0 Å². The number of para-hydroxylation sites is 1. The van der Waals surface area contributed by atoms with E-state index in [2.05, 4.69) is 11.1 Å². The van der Waals surface area contributed by atoms with Gasteiger partial charge in [-0.15, -0.1) is 0 Å². The van der Waals surface area contributed by atoms with Gasteiger partial charge in [0.2, 0.25) is 5.91 Å². The molecule has 0 saturated carbocycles. The zero-order valence-corrected chi connectivity index (χ0v) is 16.6. The van der Waals surface area contributed by atoms with Crippen LogP contribution in [0.4, 0.5) is 0 Å². The monoisotopic (exact) mass is 390 g/mol. The highest BCUT2D eigenvalue weighted by Crippen LogP contribution is 2.29. The zero-order chi connectivity index (χ0) is 20.2. The van der Waals surface area contributed by atoms with Crippen LogP contribution in [0, 0.1) is 5.92 Å². The first-order chi connectivity index (χ1) is 14.1. The maximum Gasteiger partial charge on any atom is 0.221 e. The van der Waals surface area contributed by atoms with Crippen molar-refractivity contribution in [1.82, 2.24) is 14.7 Å². The Labute approximate surface area is 170 Å². The third-order valence-electron chi connectivity index (χ3n) is 5.46. The molecule has 6 nitrogen and oxygen atoms in total. The Morgan fingerprint density at radius 1 is 1.21 bits per heavy atom. The molecule has 1 saturated heterocycles. The van der Waals surface area contributed by atoms with Gasteiger partial charge in [0.15, 0.2) is 0 Å². The number of rotatable bonds is 6. The summed E-state index contributed by atoms with van der Waals surface area (Å²) in [5, 5.41) is 4.89. The van der Waals surface area contributed by atoms with Gasteiger partial charge >= 0.3 is 0 Å². The molecule has 2 N–H and O–H groups in total. The van der Waals surface area contributed by atoms with Crippen LogP contribution >= 0.6 is 0 Å². The highest BCUT2D eigenvalue weighted by atomic mass is 16.5. The molecule has 0 radical (unpaired) electrons. The van der Waals surface area contributed by atoms with Gasteiger partial charge in [-0.2, -0.15) is 5.10 Å². The SMILES string of the molecule is COc1cccc(-c2nn(-c3ccccc3)cc2CN2CCC[C@H](C(N)=O)C2)c1. The molecule has 1 aromatic heterocycles. The minimum absolute atomic E-state index is 0.0758. The Bertz CT molecular complexity index is 984. The molecular formula is C23H26N4O2. The van der Waals surface area contributed by atoms with Gasteiger partial charge < -0.3 is 10.5 Å². The summed E-state index contributed by atoms with van der Waals surface area (Å²) in [6, 6.07) is 18.0. The van der Waals surface area contributed by atoms with Crippen molar-refractivity contribution in [1.29, 1.82) is 0 Å². The first-order valence-electron chi connectivity index (χ1n) is 9.94. The van der Waals surface area contributed by atoms with E-state index in [9.17, 15) is 4.79 Å². The summed E-state index contributed by atoms with van der Waals surface area (Å²) in [6.45, 7) is 2.38. The van der Waals surface area contributed by atoms with Crippen molar-refractivity contribution in [3.8, 4) is 22.7 Å². The fourth-order valence-corrected chi connectivity index (χ4v) is 3.92. The molecule has 6 heteroatoms. The molecule has 3 aromatic rings. The van der Waals surface area contributed by atoms with E-state index in [0.717, 1.165) is 54.2 Å². The Morgan fingerprint density at radius 3 is 2.79 bits per heavy atom. The summed E-state index contributed by atoms with van der Waals surface area (Å²) in [6.07, 6.45) is 3.94. The summed E-state index contributed by atoms with van der Waals surface area (Å²) in [5.74, 6) is 0.519. The van der Waals surface area contributed by atoms with E-state index < -0.39 is 0 Å². The van der Waals surface area contributed by atoms with Gasteiger partial charge in [0.1, 0.15) is 5.75 Å². The third-order valence-corrected chi connectivity index (χ3v) is 5.46. The van der Waals surface area contributed by atoms with Crippen molar-refractivity contribution < 1.29 is 9.53 Å². The van der Waals surface area contributed by atoms with Crippen LogP contribution in [0.1, 0.15) is 18.4 Å². The number of carbonyl (C=O) groups excluding carboxylic acids is 1. The highest BCUT2D eigenvalue weighted by Gasteiger charge is 2.25. The first-order valence-corrected chi connectivity index (χ1v) is 9.94. The molecule has 4 rings (SSSR count). The molecule has 2 heterocycles. The molecule has 0 aliphatic carbocycles. The van der Waals surface area contributed by atoms with Crippen molar-refractivity contribution in [2.24, 2.45) is 11.7 Å². The minimum atomic E-state index is -0.206. The topological polar surface area (TPSA) is 73.4 Å². The Kier molecular flexibility index (Phi) is 5.62. The number of benzene rings is 2. The van der Waals surface area contributed by atoms with Gasteiger partial charge in [-0.25, -0.2) is 4.68 Å². The number of likely N-dealkylation sites (tertiary alicyclic amines) is 1. The second-order valence-electron chi connectivity index (χ2n) is 7.49. The lowest BCUT2D eigenvalue weighted by atomic mass is 9.97. The first kappa shape index (κ1) is 19.2. The number of primary amides is 1. The summed E-state index contributed by atoms with van der Waals surface area (Å²) in [4.78, 5) is 14.0. The van der Waals surface area contributed by atoms with Crippen LogP contribution in [-0.2, 0) is 11.3 Å². The number of ether oxygens (including phenoxy) is 1. The zero-order valence-electron chi connectivity index (χ0n) is 16.6. The van der Waals surface area contributed by atoms with Gasteiger partial charge in [-0.1, -0.05) is 30.3 Å². The summed E-state index contributed by atoms with van der Waals surface area (Å²) in [7, 11) is 1.67. The van der Waals surface area contributed by atoms with Crippen molar-refractivity contribution >= 4 is 5.91 Å². The molecule has 1 aliphatic heterocycles. The van der Waals surface area contributed by atoms with Gasteiger partial charge in [0.05, 0.1) is 24.4 Å². The van der Waals surface area contributed by atoms with Crippen molar-refractivity contribution in [3.05, 3.63) is 66.4 Å². The number of aromatic nitrogens is 2. The van der Waals surface area contributed by atoms with Crippen molar-refractivity contribution in [2.45, 2.75) is 19.4 Å². The maximum absolute atomic E-state index is 11.7. The molecule has 0 bridgehead atoms. The third kappa shape index (κ3) is 4.32. The maximum atomic E-state index is 11.7. The van der Waals surface area contributed by atoms with E-state index in [4.69, 9.17) is 15.6 Å². The molecule has 1 amide bonds. The van der Waals surface area contributed by atoms with Crippen LogP contribution in [0.5, 0.6) is 5.75 Å². The van der Waals surface area contributed by atoms with Crippen LogP contribution in [0.3, 0.4) is 0 Å².